The molecule has 0 fully saturated rings. The van der Waals surface area contributed by atoms with Crippen molar-refractivity contribution in [2.75, 3.05) is 11.5 Å². The van der Waals surface area contributed by atoms with Crippen molar-refractivity contribution in [1.29, 1.82) is 0 Å². The number of benzene rings is 1. The van der Waals surface area contributed by atoms with Crippen LogP contribution in [-0.2, 0) is 12.8 Å². The molecule has 7 heteroatoms. The highest BCUT2D eigenvalue weighted by atomic mass is 35.5. The number of hydrogen-bond acceptors (Lipinski definition) is 4. The molecule has 1 aromatic heterocycles. The SMILES string of the molecule is Nc1ncc(CCCCCCc2cc(Cl)c(Cl)cc2Cl)c(N)n1. The van der Waals surface area contributed by atoms with E-state index in [0.717, 1.165) is 49.7 Å². The molecule has 0 aliphatic rings. The molecule has 2 rings (SSSR count). The second kappa shape index (κ2) is 8.57. The van der Waals surface area contributed by atoms with Gasteiger partial charge in [-0.1, -0.05) is 47.6 Å². The summed E-state index contributed by atoms with van der Waals surface area (Å²) in [4.78, 5) is 7.93. The first-order valence-corrected chi connectivity index (χ1v) is 8.61. The Bertz CT molecular complexity index is 677. The van der Waals surface area contributed by atoms with Gasteiger partial charge in [0.2, 0.25) is 5.95 Å². The van der Waals surface area contributed by atoms with Crippen LogP contribution in [0.4, 0.5) is 11.8 Å². The first-order valence-electron chi connectivity index (χ1n) is 7.47. The number of anilines is 2. The lowest BCUT2D eigenvalue weighted by molar-refractivity contribution is 0.640. The zero-order valence-corrected chi connectivity index (χ0v) is 14.9. The average molecular weight is 374 g/mol. The van der Waals surface area contributed by atoms with Gasteiger partial charge in [0.05, 0.1) is 10.0 Å². The molecule has 4 nitrogen and oxygen atoms in total. The second-order valence-electron chi connectivity index (χ2n) is 5.41. The van der Waals surface area contributed by atoms with E-state index in [0.29, 0.717) is 20.9 Å². The van der Waals surface area contributed by atoms with Gasteiger partial charge in [-0.15, -0.1) is 0 Å². The maximum Gasteiger partial charge on any atom is 0.221 e. The van der Waals surface area contributed by atoms with E-state index in [2.05, 4.69) is 9.97 Å². The lowest BCUT2D eigenvalue weighted by Gasteiger charge is -2.07. The number of halogens is 3. The minimum absolute atomic E-state index is 0.213. The number of nitrogen functional groups attached to an aromatic ring is 2. The highest BCUT2D eigenvalue weighted by Gasteiger charge is 2.06. The second-order valence-corrected chi connectivity index (χ2v) is 6.63. The van der Waals surface area contributed by atoms with Gasteiger partial charge in [0.1, 0.15) is 5.82 Å². The summed E-state index contributed by atoms with van der Waals surface area (Å²) < 4.78 is 0. The molecule has 0 saturated heterocycles. The summed E-state index contributed by atoms with van der Waals surface area (Å²) in [6, 6.07) is 3.54. The van der Waals surface area contributed by atoms with Crippen molar-refractivity contribution in [3.63, 3.8) is 0 Å². The molecule has 124 valence electrons. The molecule has 1 aromatic carbocycles. The maximum absolute atomic E-state index is 6.17. The molecule has 0 radical (unpaired) electrons. The van der Waals surface area contributed by atoms with Gasteiger partial charge < -0.3 is 11.5 Å². The fourth-order valence-corrected chi connectivity index (χ4v) is 3.03. The highest BCUT2D eigenvalue weighted by molar-refractivity contribution is 6.43. The van der Waals surface area contributed by atoms with Crippen molar-refractivity contribution in [3.8, 4) is 0 Å². The number of unbranched alkanes of at least 4 members (excludes halogenated alkanes) is 3. The van der Waals surface area contributed by atoms with Gasteiger partial charge in [-0.25, -0.2) is 4.98 Å². The lowest BCUT2D eigenvalue weighted by atomic mass is 10.0. The van der Waals surface area contributed by atoms with Crippen molar-refractivity contribution in [2.24, 2.45) is 0 Å². The molecule has 23 heavy (non-hydrogen) atoms. The minimum atomic E-state index is 0.213. The normalized spacial score (nSPS) is 10.9. The summed E-state index contributed by atoms with van der Waals surface area (Å²) in [6.07, 6.45) is 7.74. The number of aromatic nitrogens is 2. The fraction of sp³-hybridized carbons (Fsp3) is 0.375. The smallest absolute Gasteiger partial charge is 0.221 e. The van der Waals surface area contributed by atoms with Crippen LogP contribution in [0.2, 0.25) is 15.1 Å². The summed E-state index contributed by atoms with van der Waals surface area (Å²) in [5.74, 6) is 0.685. The number of nitrogens with two attached hydrogens (primary N) is 2. The van der Waals surface area contributed by atoms with Gasteiger partial charge in [0.25, 0.3) is 0 Å². The van der Waals surface area contributed by atoms with E-state index in [-0.39, 0.29) is 5.95 Å². The van der Waals surface area contributed by atoms with Crippen molar-refractivity contribution in [3.05, 3.63) is 44.5 Å². The molecule has 0 bridgehead atoms. The molecule has 2 aromatic rings. The van der Waals surface area contributed by atoms with Gasteiger partial charge in [-0.2, -0.15) is 4.98 Å². The van der Waals surface area contributed by atoms with E-state index in [9.17, 15) is 0 Å². The number of nitrogens with zero attached hydrogens (tertiary/aromatic N) is 2. The molecular weight excluding hydrogens is 355 g/mol. The van der Waals surface area contributed by atoms with Gasteiger partial charge in [-0.3, -0.25) is 0 Å². The quantitative estimate of drug-likeness (QED) is 0.532. The van der Waals surface area contributed by atoms with Crippen LogP contribution in [0.1, 0.15) is 36.8 Å². The van der Waals surface area contributed by atoms with Crippen LogP contribution < -0.4 is 11.5 Å². The van der Waals surface area contributed by atoms with E-state index in [1.165, 1.54) is 0 Å². The topological polar surface area (TPSA) is 77.8 Å². The minimum Gasteiger partial charge on any atom is -0.383 e. The predicted molar refractivity (Wildman–Crippen MR) is 98.2 cm³/mol. The van der Waals surface area contributed by atoms with E-state index < -0.39 is 0 Å². The van der Waals surface area contributed by atoms with Crippen molar-refractivity contribution in [2.45, 2.75) is 38.5 Å². The van der Waals surface area contributed by atoms with Crippen molar-refractivity contribution >= 4 is 46.6 Å². The van der Waals surface area contributed by atoms with Crippen LogP contribution in [0.25, 0.3) is 0 Å². The Balaban J connectivity index is 1.71. The Morgan fingerprint density at radius 3 is 2.04 bits per heavy atom. The first-order chi connectivity index (χ1) is 11.0. The standard InChI is InChI=1S/C16H19Cl3N4/c17-12-8-14(19)13(18)7-10(12)5-3-1-2-4-6-11-9-22-16(21)23-15(11)20/h7-9H,1-6H2,(H4,20,21,22,23). The van der Waals surface area contributed by atoms with Crippen LogP contribution in [0.5, 0.6) is 0 Å². The zero-order valence-electron chi connectivity index (χ0n) is 12.7. The highest BCUT2D eigenvalue weighted by Crippen LogP contribution is 2.29. The number of aryl methyl sites for hydroxylation is 2. The summed E-state index contributed by atoms with van der Waals surface area (Å²) >= 11 is 18.1. The van der Waals surface area contributed by atoms with Gasteiger partial charge >= 0.3 is 0 Å². The van der Waals surface area contributed by atoms with Crippen LogP contribution in [-0.4, -0.2) is 9.97 Å². The van der Waals surface area contributed by atoms with Gasteiger partial charge in [-0.05, 0) is 43.4 Å². The molecule has 0 unspecified atom stereocenters. The van der Waals surface area contributed by atoms with Crippen LogP contribution >= 0.6 is 34.8 Å². The molecule has 0 atom stereocenters. The first kappa shape index (κ1) is 18.1. The van der Waals surface area contributed by atoms with Gasteiger partial charge in [0.15, 0.2) is 0 Å². The molecule has 0 saturated carbocycles. The Hall–Kier alpha value is -1.23. The molecule has 1 heterocycles. The van der Waals surface area contributed by atoms with E-state index in [1.807, 2.05) is 6.07 Å². The number of rotatable bonds is 7. The third-order valence-corrected chi connectivity index (χ3v) is 4.72. The monoisotopic (exact) mass is 372 g/mol. The van der Waals surface area contributed by atoms with Crippen molar-refractivity contribution < 1.29 is 0 Å². The zero-order chi connectivity index (χ0) is 16.8. The van der Waals surface area contributed by atoms with E-state index in [1.54, 1.807) is 12.3 Å². The Kier molecular flexibility index (Phi) is 6.75. The summed E-state index contributed by atoms with van der Waals surface area (Å²) in [6.45, 7) is 0. The largest absolute Gasteiger partial charge is 0.383 e. The maximum atomic E-state index is 6.17. The number of hydrogen-bond donors (Lipinski definition) is 2. The Morgan fingerprint density at radius 2 is 1.39 bits per heavy atom. The van der Waals surface area contributed by atoms with Gasteiger partial charge in [0, 0.05) is 16.8 Å². The van der Waals surface area contributed by atoms with E-state index in [4.69, 9.17) is 46.3 Å². The van der Waals surface area contributed by atoms with E-state index >= 15 is 0 Å². The third-order valence-electron chi connectivity index (χ3n) is 3.65. The van der Waals surface area contributed by atoms with Crippen LogP contribution in [0.15, 0.2) is 18.3 Å². The fourth-order valence-electron chi connectivity index (χ4n) is 2.37. The molecule has 0 spiro atoms. The van der Waals surface area contributed by atoms with Crippen LogP contribution in [0, 0.1) is 0 Å². The lowest BCUT2D eigenvalue weighted by Crippen LogP contribution is -2.03. The summed E-state index contributed by atoms with van der Waals surface area (Å²) in [5.41, 5.74) is 13.3. The Labute approximate surface area is 151 Å². The molecule has 4 N–H and O–H groups in total. The summed E-state index contributed by atoms with van der Waals surface area (Å²) in [7, 11) is 0. The molecule has 0 aliphatic carbocycles. The third kappa shape index (κ3) is 5.41. The molecular formula is C16H19Cl3N4. The van der Waals surface area contributed by atoms with Crippen molar-refractivity contribution in [1.82, 2.24) is 9.97 Å². The van der Waals surface area contributed by atoms with Crippen LogP contribution in [0.3, 0.4) is 0 Å². The molecule has 0 amide bonds. The average Bonchev–Trinajstić information content (AvgIpc) is 2.49. The summed E-state index contributed by atoms with van der Waals surface area (Å²) in [5, 5.41) is 1.71. The predicted octanol–water partition coefficient (Wildman–Crippen LogP) is 4.95. The molecule has 0 aliphatic heterocycles. The Morgan fingerprint density at radius 1 is 0.783 bits per heavy atom.